The molecule has 1 heterocycles. The summed E-state index contributed by atoms with van der Waals surface area (Å²) in [5.74, 6) is -2.19. The highest BCUT2D eigenvalue weighted by molar-refractivity contribution is 7.09. The molecule has 0 aliphatic heterocycles. The molecule has 0 saturated heterocycles. The first kappa shape index (κ1) is 15.4. The van der Waals surface area contributed by atoms with Crippen molar-refractivity contribution in [3.63, 3.8) is 0 Å². The summed E-state index contributed by atoms with van der Waals surface area (Å²) >= 11 is 0.287. The fourth-order valence-electron chi connectivity index (χ4n) is 1.06. The predicted molar refractivity (Wildman–Crippen MR) is 57.9 cm³/mol. The maximum atomic E-state index is 12.3. The molecular weight excluding hydrogens is 289 g/mol. The quantitative estimate of drug-likeness (QED) is 0.846. The number of nitrogens with one attached hydrogen (secondary N) is 1. The number of aromatic nitrogens is 1. The Bertz CT molecular complexity index is 474. The third kappa shape index (κ3) is 4.17. The molecule has 1 atom stereocenters. The molecule has 6 nitrogen and oxygen atoms in total. The molecule has 19 heavy (non-hydrogen) atoms. The van der Waals surface area contributed by atoms with E-state index in [1.165, 1.54) is 0 Å². The van der Waals surface area contributed by atoms with Crippen LogP contribution in [0.1, 0.15) is 15.5 Å². The summed E-state index contributed by atoms with van der Waals surface area (Å²) < 4.78 is 41.3. The number of methoxy groups -OCH3 is 1. The van der Waals surface area contributed by atoms with Crippen LogP contribution in [0.25, 0.3) is 0 Å². The van der Waals surface area contributed by atoms with Crippen LogP contribution >= 0.6 is 11.3 Å². The van der Waals surface area contributed by atoms with Gasteiger partial charge < -0.3 is 15.2 Å². The molecular formula is C9H9F3N2O4S. The number of thiazole rings is 1. The molecule has 2 N–H and O–H groups in total. The summed E-state index contributed by atoms with van der Waals surface area (Å²) in [5, 5.41) is 10.6. The molecule has 10 heteroatoms. The van der Waals surface area contributed by atoms with Gasteiger partial charge in [0.05, 0.1) is 6.54 Å². The van der Waals surface area contributed by atoms with Gasteiger partial charge in [0.2, 0.25) is 0 Å². The van der Waals surface area contributed by atoms with Crippen LogP contribution < -0.4 is 5.32 Å². The maximum Gasteiger partial charge on any atom is 0.443 e. The van der Waals surface area contributed by atoms with Crippen molar-refractivity contribution in [2.45, 2.75) is 12.3 Å². The molecule has 1 amide bonds. The minimum Gasteiger partial charge on any atom is -0.479 e. The van der Waals surface area contributed by atoms with Gasteiger partial charge in [0.15, 0.2) is 11.1 Å². The van der Waals surface area contributed by atoms with Crippen LogP contribution in [-0.2, 0) is 15.7 Å². The van der Waals surface area contributed by atoms with Gasteiger partial charge in [-0.25, -0.2) is 9.78 Å². The summed E-state index contributed by atoms with van der Waals surface area (Å²) in [6.07, 6.45) is -5.89. The number of hydrogen-bond acceptors (Lipinski definition) is 5. The third-order valence-electron chi connectivity index (χ3n) is 1.99. The second-order valence-electron chi connectivity index (χ2n) is 3.31. The van der Waals surface area contributed by atoms with Crippen molar-refractivity contribution >= 4 is 23.2 Å². The van der Waals surface area contributed by atoms with Crippen LogP contribution in [0.2, 0.25) is 0 Å². The van der Waals surface area contributed by atoms with E-state index in [0.717, 1.165) is 12.5 Å². The summed E-state index contributed by atoms with van der Waals surface area (Å²) in [6.45, 7) is -0.371. The number of halogens is 3. The average molecular weight is 298 g/mol. The van der Waals surface area contributed by atoms with Crippen molar-refractivity contribution in [3.05, 3.63) is 16.1 Å². The molecule has 1 aromatic rings. The molecule has 0 saturated carbocycles. The lowest BCUT2D eigenvalue weighted by Crippen LogP contribution is -2.38. The molecule has 0 aromatic carbocycles. The van der Waals surface area contributed by atoms with Gasteiger partial charge in [-0.1, -0.05) is 0 Å². The monoisotopic (exact) mass is 298 g/mol. The fraction of sp³-hybridized carbons (Fsp3) is 0.444. The van der Waals surface area contributed by atoms with Crippen LogP contribution in [0.5, 0.6) is 0 Å². The first-order chi connectivity index (χ1) is 8.75. The smallest absolute Gasteiger partial charge is 0.443 e. The van der Waals surface area contributed by atoms with Crippen LogP contribution in [0.3, 0.4) is 0 Å². The SMILES string of the molecule is COC(CNC(=O)c1csc(C(F)(F)F)n1)C(=O)O. The highest BCUT2D eigenvalue weighted by Gasteiger charge is 2.35. The number of aliphatic carboxylic acids is 1. The predicted octanol–water partition coefficient (Wildman–Crippen LogP) is 0.991. The highest BCUT2D eigenvalue weighted by Crippen LogP contribution is 2.31. The van der Waals surface area contributed by atoms with Crippen molar-refractivity contribution in [3.8, 4) is 0 Å². The first-order valence-electron chi connectivity index (χ1n) is 4.82. The normalized spacial score (nSPS) is 13.1. The van der Waals surface area contributed by atoms with Crippen LogP contribution in [0.15, 0.2) is 5.38 Å². The molecule has 0 aliphatic rings. The molecule has 0 fully saturated rings. The number of carboxylic acids is 1. The van der Waals surface area contributed by atoms with Crippen LogP contribution in [0, 0.1) is 0 Å². The fourth-order valence-corrected chi connectivity index (χ4v) is 1.72. The number of rotatable bonds is 5. The Balaban J connectivity index is 2.64. The van der Waals surface area contributed by atoms with Crippen LogP contribution in [-0.4, -0.2) is 41.7 Å². The van der Waals surface area contributed by atoms with E-state index in [2.05, 4.69) is 15.0 Å². The zero-order chi connectivity index (χ0) is 14.6. The van der Waals surface area contributed by atoms with Gasteiger partial charge in [0, 0.05) is 12.5 Å². The second kappa shape index (κ2) is 5.97. The van der Waals surface area contributed by atoms with Gasteiger partial charge in [0.25, 0.3) is 5.91 Å². The number of hydrogen-bond donors (Lipinski definition) is 2. The zero-order valence-corrected chi connectivity index (χ0v) is 10.3. The van der Waals surface area contributed by atoms with Crippen molar-refractivity contribution in [2.24, 2.45) is 0 Å². The van der Waals surface area contributed by atoms with Crippen LogP contribution in [0.4, 0.5) is 13.2 Å². The van der Waals surface area contributed by atoms with Gasteiger partial charge in [-0.05, 0) is 0 Å². The van der Waals surface area contributed by atoms with Crippen molar-refractivity contribution in [1.82, 2.24) is 10.3 Å². The van der Waals surface area contributed by atoms with Crippen molar-refractivity contribution in [1.29, 1.82) is 0 Å². The molecule has 106 valence electrons. The second-order valence-corrected chi connectivity index (χ2v) is 4.17. The third-order valence-corrected chi connectivity index (χ3v) is 2.87. The van der Waals surface area contributed by atoms with Crippen molar-refractivity contribution in [2.75, 3.05) is 13.7 Å². The number of alkyl halides is 3. The average Bonchev–Trinajstić information content (AvgIpc) is 2.77. The lowest BCUT2D eigenvalue weighted by molar-refractivity contribution is -0.148. The maximum absolute atomic E-state index is 12.3. The summed E-state index contributed by atoms with van der Waals surface area (Å²) in [4.78, 5) is 25.1. The number of nitrogens with zero attached hydrogens (tertiary/aromatic N) is 1. The Morgan fingerprint density at radius 3 is 2.63 bits per heavy atom. The molecule has 1 aromatic heterocycles. The topological polar surface area (TPSA) is 88.5 Å². The Morgan fingerprint density at radius 2 is 2.21 bits per heavy atom. The van der Waals surface area contributed by atoms with E-state index < -0.39 is 34.9 Å². The number of carbonyl (C=O) groups is 2. The van der Waals surface area contributed by atoms with E-state index in [0.29, 0.717) is 0 Å². The molecule has 0 spiro atoms. The molecule has 0 bridgehead atoms. The van der Waals surface area contributed by atoms with E-state index in [4.69, 9.17) is 5.11 Å². The standard InChI is InChI=1S/C9H9F3N2O4S/c1-18-5(7(16)17)2-13-6(15)4-3-19-8(14-4)9(10,11)12/h3,5H,2H2,1H3,(H,13,15)(H,16,17). The lowest BCUT2D eigenvalue weighted by atomic mass is 10.3. The van der Waals surface area contributed by atoms with Gasteiger partial charge in [0.1, 0.15) is 5.69 Å². The van der Waals surface area contributed by atoms with E-state index in [1.54, 1.807) is 0 Å². The molecule has 0 aliphatic carbocycles. The molecule has 1 unspecified atom stereocenters. The van der Waals surface area contributed by atoms with Crippen molar-refractivity contribution < 1.29 is 32.6 Å². The first-order valence-corrected chi connectivity index (χ1v) is 5.70. The molecule has 1 rings (SSSR count). The summed E-state index contributed by atoms with van der Waals surface area (Å²) in [7, 11) is 1.13. The Hall–Kier alpha value is -1.68. The van der Waals surface area contributed by atoms with E-state index >= 15 is 0 Å². The van der Waals surface area contributed by atoms with E-state index in [1.807, 2.05) is 0 Å². The summed E-state index contributed by atoms with van der Waals surface area (Å²) in [5.41, 5.74) is -0.419. The minimum atomic E-state index is -4.61. The number of carbonyl (C=O) groups excluding carboxylic acids is 1. The van der Waals surface area contributed by atoms with E-state index in [9.17, 15) is 22.8 Å². The number of amides is 1. The summed E-state index contributed by atoms with van der Waals surface area (Å²) in [6, 6.07) is 0. The minimum absolute atomic E-state index is 0.287. The Morgan fingerprint density at radius 1 is 1.58 bits per heavy atom. The lowest BCUT2D eigenvalue weighted by Gasteiger charge is -2.10. The van der Waals surface area contributed by atoms with Gasteiger partial charge in [-0.15, -0.1) is 11.3 Å². The molecule has 0 radical (unpaired) electrons. The highest BCUT2D eigenvalue weighted by atomic mass is 32.1. The zero-order valence-electron chi connectivity index (χ0n) is 9.52. The largest absolute Gasteiger partial charge is 0.479 e. The van der Waals surface area contributed by atoms with Gasteiger partial charge >= 0.3 is 12.1 Å². The van der Waals surface area contributed by atoms with Gasteiger partial charge in [-0.3, -0.25) is 4.79 Å². The van der Waals surface area contributed by atoms with Gasteiger partial charge in [-0.2, -0.15) is 13.2 Å². The Labute approximate surface area is 109 Å². The number of carboxylic acid groups (broad SMARTS) is 1. The number of ether oxygens (including phenoxy) is 1. The van der Waals surface area contributed by atoms with E-state index in [-0.39, 0.29) is 17.9 Å². The Kier molecular flexibility index (Phi) is 4.84.